The monoisotopic (exact) mass is 292 g/mol. The SMILES string of the molecule is CCOC(=O)C(CC)Sc1ccc(C(F)(F)F)cc1. The fourth-order valence-corrected chi connectivity index (χ4v) is 2.37. The Labute approximate surface area is 114 Å². The molecule has 0 aliphatic carbocycles. The third-order valence-corrected chi connectivity index (χ3v) is 3.73. The third kappa shape index (κ3) is 4.78. The van der Waals surface area contributed by atoms with Crippen molar-refractivity contribution >= 4 is 17.7 Å². The molecule has 1 atom stereocenters. The first kappa shape index (κ1) is 15.9. The largest absolute Gasteiger partial charge is 0.465 e. The predicted octanol–water partition coefficient (Wildman–Crippen LogP) is 4.14. The Morgan fingerprint density at radius 2 is 1.84 bits per heavy atom. The van der Waals surface area contributed by atoms with Crippen molar-refractivity contribution in [1.29, 1.82) is 0 Å². The van der Waals surface area contributed by atoms with E-state index in [-0.39, 0.29) is 5.97 Å². The summed E-state index contributed by atoms with van der Waals surface area (Å²) in [6, 6.07) is 4.77. The van der Waals surface area contributed by atoms with Crippen LogP contribution in [0, 0.1) is 0 Å². The molecule has 1 unspecified atom stereocenters. The molecule has 0 aliphatic heterocycles. The van der Waals surface area contributed by atoms with Crippen LogP contribution in [0.4, 0.5) is 13.2 Å². The summed E-state index contributed by atoms with van der Waals surface area (Å²) in [5.41, 5.74) is -0.693. The van der Waals surface area contributed by atoms with Crippen LogP contribution in [0.5, 0.6) is 0 Å². The number of alkyl halides is 3. The molecule has 0 spiro atoms. The van der Waals surface area contributed by atoms with Crippen molar-refractivity contribution in [3.8, 4) is 0 Å². The van der Waals surface area contributed by atoms with Crippen molar-refractivity contribution in [3.63, 3.8) is 0 Å². The molecule has 0 saturated carbocycles. The molecule has 0 amide bonds. The molecule has 1 aromatic rings. The molecule has 0 fully saturated rings. The lowest BCUT2D eigenvalue weighted by Crippen LogP contribution is -2.19. The summed E-state index contributed by atoms with van der Waals surface area (Å²) < 4.78 is 42.1. The maximum absolute atomic E-state index is 12.4. The minimum absolute atomic E-state index is 0.295. The normalized spacial score (nSPS) is 13.1. The first-order valence-electron chi connectivity index (χ1n) is 5.89. The molecule has 0 aliphatic rings. The van der Waals surface area contributed by atoms with Gasteiger partial charge in [-0.3, -0.25) is 4.79 Å². The maximum Gasteiger partial charge on any atom is 0.416 e. The minimum atomic E-state index is -4.34. The molecule has 0 radical (unpaired) electrons. The lowest BCUT2D eigenvalue weighted by atomic mass is 10.2. The Bertz CT molecular complexity index is 415. The quantitative estimate of drug-likeness (QED) is 0.602. The van der Waals surface area contributed by atoms with E-state index in [9.17, 15) is 18.0 Å². The fourth-order valence-electron chi connectivity index (χ4n) is 1.42. The summed E-state index contributed by atoms with van der Waals surface area (Å²) in [7, 11) is 0. The smallest absolute Gasteiger partial charge is 0.416 e. The Morgan fingerprint density at radius 3 is 2.26 bits per heavy atom. The number of thioether (sulfide) groups is 1. The van der Waals surface area contributed by atoms with Crippen molar-refractivity contribution in [2.24, 2.45) is 0 Å². The number of ether oxygens (including phenoxy) is 1. The summed E-state index contributed by atoms with van der Waals surface area (Å²) in [5, 5.41) is -0.392. The lowest BCUT2D eigenvalue weighted by Gasteiger charge is -2.13. The lowest BCUT2D eigenvalue weighted by molar-refractivity contribution is -0.142. The van der Waals surface area contributed by atoms with Gasteiger partial charge in [0.1, 0.15) is 5.25 Å². The summed E-state index contributed by atoms with van der Waals surface area (Å²) in [4.78, 5) is 12.2. The van der Waals surface area contributed by atoms with Crippen LogP contribution in [0.15, 0.2) is 29.2 Å². The van der Waals surface area contributed by atoms with E-state index >= 15 is 0 Å². The molecular formula is C13H15F3O2S. The highest BCUT2D eigenvalue weighted by Crippen LogP contribution is 2.32. The van der Waals surface area contributed by atoms with E-state index in [1.54, 1.807) is 6.92 Å². The van der Waals surface area contributed by atoms with Gasteiger partial charge in [0.2, 0.25) is 0 Å². The highest BCUT2D eigenvalue weighted by molar-refractivity contribution is 8.00. The second-order valence-electron chi connectivity index (χ2n) is 3.79. The van der Waals surface area contributed by atoms with Gasteiger partial charge in [0.25, 0.3) is 0 Å². The summed E-state index contributed by atoms with van der Waals surface area (Å²) >= 11 is 1.21. The topological polar surface area (TPSA) is 26.3 Å². The molecule has 1 aromatic carbocycles. The molecule has 0 N–H and O–H groups in total. The van der Waals surface area contributed by atoms with Gasteiger partial charge >= 0.3 is 12.1 Å². The van der Waals surface area contributed by atoms with Gasteiger partial charge in [-0.15, -0.1) is 11.8 Å². The van der Waals surface area contributed by atoms with Crippen molar-refractivity contribution < 1.29 is 22.7 Å². The van der Waals surface area contributed by atoms with Crippen LogP contribution in [-0.2, 0) is 15.7 Å². The van der Waals surface area contributed by atoms with Gasteiger partial charge in [0, 0.05) is 4.90 Å². The second kappa shape index (κ2) is 6.84. The number of rotatable bonds is 5. The van der Waals surface area contributed by atoms with Crippen LogP contribution in [0.3, 0.4) is 0 Å². The minimum Gasteiger partial charge on any atom is -0.465 e. The van der Waals surface area contributed by atoms with E-state index in [4.69, 9.17) is 4.74 Å². The Balaban J connectivity index is 2.73. The highest BCUT2D eigenvalue weighted by Gasteiger charge is 2.30. The number of hydrogen-bond donors (Lipinski definition) is 0. The van der Waals surface area contributed by atoms with Gasteiger partial charge in [0.05, 0.1) is 12.2 Å². The molecule has 0 saturated heterocycles. The number of esters is 1. The molecule has 2 nitrogen and oxygen atoms in total. The summed E-state index contributed by atoms with van der Waals surface area (Å²) in [6.07, 6.45) is -3.78. The zero-order valence-corrected chi connectivity index (χ0v) is 11.5. The third-order valence-electron chi connectivity index (χ3n) is 2.38. The summed E-state index contributed by atoms with van der Waals surface area (Å²) in [5.74, 6) is -0.338. The van der Waals surface area contributed by atoms with E-state index in [1.165, 1.54) is 23.9 Å². The van der Waals surface area contributed by atoms with Crippen LogP contribution >= 0.6 is 11.8 Å². The first-order chi connectivity index (χ1) is 8.88. The predicted molar refractivity (Wildman–Crippen MR) is 68.0 cm³/mol. The number of halogens is 3. The van der Waals surface area contributed by atoms with Gasteiger partial charge in [-0.25, -0.2) is 0 Å². The van der Waals surface area contributed by atoms with Gasteiger partial charge in [-0.2, -0.15) is 13.2 Å². The van der Waals surface area contributed by atoms with Gasteiger partial charge < -0.3 is 4.74 Å². The van der Waals surface area contributed by atoms with Gasteiger partial charge in [0.15, 0.2) is 0 Å². The second-order valence-corrected chi connectivity index (χ2v) is 5.07. The van der Waals surface area contributed by atoms with Gasteiger partial charge in [-0.05, 0) is 37.6 Å². The zero-order valence-electron chi connectivity index (χ0n) is 10.7. The van der Waals surface area contributed by atoms with E-state index in [2.05, 4.69) is 0 Å². The molecule has 0 aromatic heterocycles. The molecule has 19 heavy (non-hydrogen) atoms. The molecule has 0 bridgehead atoms. The fraction of sp³-hybridized carbons (Fsp3) is 0.462. The Kier molecular flexibility index (Phi) is 5.72. The molecule has 0 heterocycles. The van der Waals surface area contributed by atoms with Crippen LogP contribution in [0.1, 0.15) is 25.8 Å². The number of carbonyl (C=O) groups is 1. The zero-order chi connectivity index (χ0) is 14.5. The standard InChI is InChI=1S/C13H15F3O2S/c1-3-11(12(17)18-4-2)19-10-7-5-9(6-8-10)13(14,15)16/h5-8,11H,3-4H2,1-2H3. The average molecular weight is 292 g/mol. The molecule has 1 rings (SSSR count). The molecule has 6 heteroatoms. The molecule has 106 valence electrons. The molecular weight excluding hydrogens is 277 g/mol. The number of benzene rings is 1. The van der Waals surface area contributed by atoms with Crippen molar-refractivity contribution in [3.05, 3.63) is 29.8 Å². The van der Waals surface area contributed by atoms with E-state index in [0.29, 0.717) is 17.9 Å². The maximum atomic E-state index is 12.4. The van der Waals surface area contributed by atoms with Gasteiger partial charge in [-0.1, -0.05) is 6.92 Å². The van der Waals surface area contributed by atoms with Crippen molar-refractivity contribution in [2.45, 2.75) is 36.6 Å². The van der Waals surface area contributed by atoms with Crippen molar-refractivity contribution in [1.82, 2.24) is 0 Å². The van der Waals surface area contributed by atoms with Crippen LogP contribution < -0.4 is 0 Å². The Hall–Kier alpha value is -1.17. The first-order valence-corrected chi connectivity index (χ1v) is 6.77. The van der Waals surface area contributed by atoms with Crippen LogP contribution in [0.2, 0.25) is 0 Å². The van der Waals surface area contributed by atoms with E-state index in [1.807, 2.05) is 6.92 Å². The van der Waals surface area contributed by atoms with Crippen LogP contribution in [0.25, 0.3) is 0 Å². The van der Waals surface area contributed by atoms with Crippen molar-refractivity contribution in [2.75, 3.05) is 6.61 Å². The van der Waals surface area contributed by atoms with Crippen LogP contribution in [-0.4, -0.2) is 17.8 Å². The highest BCUT2D eigenvalue weighted by atomic mass is 32.2. The average Bonchev–Trinajstić information content (AvgIpc) is 2.35. The number of hydrogen-bond acceptors (Lipinski definition) is 3. The summed E-state index contributed by atoms with van der Waals surface area (Å²) in [6.45, 7) is 3.84. The van der Waals surface area contributed by atoms with E-state index < -0.39 is 17.0 Å². The van der Waals surface area contributed by atoms with E-state index in [0.717, 1.165) is 12.1 Å². The Morgan fingerprint density at radius 1 is 1.26 bits per heavy atom. The number of carbonyl (C=O) groups excluding carboxylic acids is 1.